The minimum Gasteiger partial charge on any atom is -0.307 e. The van der Waals surface area contributed by atoms with Crippen LogP contribution < -0.4 is 5.32 Å². The van der Waals surface area contributed by atoms with Crippen molar-refractivity contribution in [2.45, 2.75) is 20.0 Å². The average Bonchev–Trinajstić information content (AvgIpc) is 2.70. The number of aromatic nitrogens is 2. The number of hydrogen-bond donors (Lipinski definition) is 1. The maximum atomic E-state index is 13.1. The molecule has 2 aromatic rings. The molecule has 1 N–H and O–H groups in total. The molecule has 0 aliphatic carbocycles. The van der Waals surface area contributed by atoms with E-state index in [0.29, 0.717) is 6.54 Å². The molecule has 0 saturated carbocycles. The molecule has 0 saturated heterocycles. The van der Waals surface area contributed by atoms with Crippen molar-refractivity contribution in [3.05, 3.63) is 53.1 Å². The summed E-state index contributed by atoms with van der Waals surface area (Å²) in [6.45, 7) is 3.38. The molecular weight excluding hydrogens is 217 g/mol. The van der Waals surface area contributed by atoms with E-state index in [1.54, 1.807) is 18.3 Å². The quantitative estimate of drug-likeness (QED) is 0.877. The molecule has 17 heavy (non-hydrogen) atoms. The zero-order chi connectivity index (χ0) is 12.3. The summed E-state index contributed by atoms with van der Waals surface area (Å²) in [6.07, 6.45) is 1.77. The van der Waals surface area contributed by atoms with E-state index >= 15 is 0 Å². The molecule has 0 atom stereocenters. The van der Waals surface area contributed by atoms with Gasteiger partial charge in [-0.2, -0.15) is 5.10 Å². The van der Waals surface area contributed by atoms with Gasteiger partial charge in [-0.15, -0.1) is 0 Å². The average molecular weight is 233 g/mol. The van der Waals surface area contributed by atoms with E-state index in [-0.39, 0.29) is 5.82 Å². The van der Waals surface area contributed by atoms with Gasteiger partial charge >= 0.3 is 0 Å². The molecule has 0 spiro atoms. The lowest BCUT2D eigenvalue weighted by molar-refractivity contribution is 0.608. The van der Waals surface area contributed by atoms with Crippen LogP contribution in [0.2, 0.25) is 0 Å². The Labute approximate surface area is 100 Å². The second-order valence-electron chi connectivity index (χ2n) is 4.12. The normalized spacial score (nSPS) is 10.8. The molecule has 1 heterocycles. The summed E-state index contributed by atoms with van der Waals surface area (Å²) >= 11 is 0. The van der Waals surface area contributed by atoms with Gasteiger partial charge in [0.05, 0.1) is 5.69 Å². The van der Waals surface area contributed by atoms with Gasteiger partial charge in [-0.1, -0.05) is 6.07 Å². The molecule has 1 aromatic carbocycles. The van der Waals surface area contributed by atoms with Gasteiger partial charge in [0.25, 0.3) is 0 Å². The van der Waals surface area contributed by atoms with Crippen molar-refractivity contribution < 1.29 is 4.39 Å². The van der Waals surface area contributed by atoms with Crippen molar-refractivity contribution in [1.82, 2.24) is 15.1 Å². The number of rotatable bonds is 4. The van der Waals surface area contributed by atoms with E-state index in [2.05, 4.69) is 10.4 Å². The Morgan fingerprint density at radius 1 is 1.29 bits per heavy atom. The smallest absolute Gasteiger partial charge is 0.123 e. The highest BCUT2D eigenvalue weighted by atomic mass is 19.1. The van der Waals surface area contributed by atoms with Gasteiger partial charge in [0.15, 0.2) is 0 Å². The highest BCUT2D eigenvalue weighted by molar-refractivity contribution is 5.26. The lowest BCUT2D eigenvalue weighted by Crippen LogP contribution is -2.16. The summed E-state index contributed by atoms with van der Waals surface area (Å²) in [5.74, 6) is -0.187. The van der Waals surface area contributed by atoms with Crippen LogP contribution in [0.1, 0.15) is 16.8 Å². The van der Waals surface area contributed by atoms with Crippen molar-refractivity contribution in [2.75, 3.05) is 0 Å². The van der Waals surface area contributed by atoms with Crippen LogP contribution in [0.25, 0.3) is 0 Å². The minimum atomic E-state index is -0.187. The van der Waals surface area contributed by atoms with Crippen LogP contribution in [0, 0.1) is 12.7 Å². The van der Waals surface area contributed by atoms with Crippen LogP contribution in [-0.2, 0) is 20.1 Å². The van der Waals surface area contributed by atoms with Gasteiger partial charge in [0.2, 0.25) is 0 Å². The molecule has 2 rings (SSSR count). The SMILES string of the molecule is Cc1ccc(F)cc1CNCc1ccnn1C. The van der Waals surface area contributed by atoms with Gasteiger partial charge < -0.3 is 5.32 Å². The number of nitrogens with one attached hydrogen (secondary N) is 1. The van der Waals surface area contributed by atoms with Crippen molar-refractivity contribution >= 4 is 0 Å². The van der Waals surface area contributed by atoms with Crippen molar-refractivity contribution in [3.63, 3.8) is 0 Å². The number of halogens is 1. The summed E-state index contributed by atoms with van der Waals surface area (Å²) in [6, 6.07) is 6.83. The Balaban J connectivity index is 1.94. The van der Waals surface area contributed by atoms with Crippen LogP contribution in [0.15, 0.2) is 30.5 Å². The summed E-state index contributed by atoms with van der Waals surface area (Å²) in [5, 5.41) is 7.38. The zero-order valence-electron chi connectivity index (χ0n) is 10.1. The Morgan fingerprint density at radius 3 is 2.82 bits per heavy atom. The summed E-state index contributed by atoms with van der Waals surface area (Å²) in [7, 11) is 1.91. The molecule has 0 bridgehead atoms. The van der Waals surface area contributed by atoms with E-state index in [1.165, 1.54) is 6.07 Å². The van der Waals surface area contributed by atoms with Gasteiger partial charge in [-0.25, -0.2) is 4.39 Å². The first-order valence-corrected chi connectivity index (χ1v) is 5.59. The van der Waals surface area contributed by atoms with Gasteiger partial charge in [0.1, 0.15) is 5.82 Å². The van der Waals surface area contributed by atoms with Crippen LogP contribution >= 0.6 is 0 Å². The maximum Gasteiger partial charge on any atom is 0.123 e. The monoisotopic (exact) mass is 233 g/mol. The fourth-order valence-electron chi connectivity index (χ4n) is 1.73. The van der Waals surface area contributed by atoms with Gasteiger partial charge in [-0.3, -0.25) is 4.68 Å². The lowest BCUT2D eigenvalue weighted by Gasteiger charge is -2.08. The molecular formula is C13H16FN3. The lowest BCUT2D eigenvalue weighted by atomic mass is 10.1. The summed E-state index contributed by atoms with van der Waals surface area (Å²) < 4.78 is 14.9. The molecule has 4 heteroatoms. The Morgan fingerprint density at radius 2 is 2.12 bits per heavy atom. The minimum absolute atomic E-state index is 0.187. The van der Waals surface area contributed by atoms with Crippen LogP contribution in [-0.4, -0.2) is 9.78 Å². The van der Waals surface area contributed by atoms with Crippen molar-refractivity contribution in [3.8, 4) is 0 Å². The van der Waals surface area contributed by atoms with E-state index in [0.717, 1.165) is 23.4 Å². The second kappa shape index (κ2) is 5.10. The second-order valence-corrected chi connectivity index (χ2v) is 4.12. The first kappa shape index (κ1) is 11.8. The molecule has 0 radical (unpaired) electrons. The van der Waals surface area contributed by atoms with Crippen molar-refractivity contribution in [1.29, 1.82) is 0 Å². The number of aryl methyl sites for hydroxylation is 2. The first-order valence-electron chi connectivity index (χ1n) is 5.59. The molecule has 0 amide bonds. The van der Waals surface area contributed by atoms with Crippen LogP contribution in [0.3, 0.4) is 0 Å². The third-order valence-electron chi connectivity index (χ3n) is 2.86. The summed E-state index contributed by atoms with van der Waals surface area (Å²) in [5.41, 5.74) is 3.20. The Hall–Kier alpha value is -1.68. The molecule has 0 aliphatic rings. The predicted molar refractivity (Wildman–Crippen MR) is 64.9 cm³/mol. The highest BCUT2D eigenvalue weighted by Gasteiger charge is 2.01. The standard InChI is InChI=1S/C13H16FN3/c1-10-3-4-12(14)7-11(10)8-15-9-13-5-6-16-17(13)2/h3-7,15H,8-9H2,1-2H3. The van der Waals surface area contributed by atoms with Gasteiger partial charge in [-0.05, 0) is 36.2 Å². The van der Waals surface area contributed by atoms with Crippen molar-refractivity contribution in [2.24, 2.45) is 7.05 Å². The third kappa shape index (κ3) is 2.91. The first-order chi connectivity index (χ1) is 8.16. The van der Waals surface area contributed by atoms with E-state index in [1.807, 2.05) is 24.7 Å². The fourth-order valence-corrected chi connectivity index (χ4v) is 1.73. The molecule has 0 aliphatic heterocycles. The predicted octanol–water partition coefficient (Wildman–Crippen LogP) is 2.16. The molecule has 0 fully saturated rings. The molecule has 3 nitrogen and oxygen atoms in total. The Bertz CT molecular complexity index is 505. The van der Waals surface area contributed by atoms with Crippen LogP contribution in [0.4, 0.5) is 4.39 Å². The third-order valence-corrected chi connectivity index (χ3v) is 2.86. The molecule has 90 valence electrons. The van der Waals surface area contributed by atoms with E-state index in [9.17, 15) is 4.39 Å². The largest absolute Gasteiger partial charge is 0.307 e. The summed E-state index contributed by atoms with van der Waals surface area (Å²) in [4.78, 5) is 0. The Kier molecular flexibility index (Phi) is 3.54. The van der Waals surface area contributed by atoms with Crippen LogP contribution in [0.5, 0.6) is 0 Å². The number of hydrogen-bond acceptors (Lipinski definition) is 2. The molecule has 0 unspecified atom stereocenters. The molecule has 1 aromatic heterocycles. The zero-order valence-corrected chi connectivity index (χ0v) is 10.1. The van der Waals surface area contributed by atoms with E-state index in [4.69, 9.17) is 0 Å². The topological polar surface area (TPSA) is 29.9 Å². The van der Waals surface area contributed by atoms with Gasteiger partial charge in [0, 0.05) is 26.3 Å². The fraction of sp³-hybridized carbons (Fsp3) is 0.308. The van der Waals surface area contributed by atoms with E-state index < -0.39 is 0 Å². The number of benzene rings is 1. The number of nitrogens with zero attached hydrogens (tertiary/aromatic N) is 2. The highest BCUT2D eigenvalue weighted by Crippen LogP contribution is 2.10. The maximum absolute atomic E-state index is 13.1.